The van der Waals surface area contributed by atoms with Gasteiger partial charge in [-0.25, -0.2) is 15.0 Å². The van der Waals surface area contributed by atoms with Gasteiger partial charge >= 0.3 is 0 Å². The summed E-state index contributed by atoms with van der Waals surface area (Å²) in [6.45, 7) is 2.78. The van der Waals surface area contributed by atoms with Gasteiger partial charge in [-0.15, -0.1) is 0 Å². The van der Waals surface area contributed by atoms with Crippen LogP contribution in [0.3, 0.4) is 0 Å². The fraction of sp³-hybridized carbons (Fsp3) is 0.407. The number of hydrogen-bond acceptors (Lipinski definition) is 10. The zero-order chi connectivity index (χ0) is 28.2. The molecule has 5 rings (SSSR count). The number of aliphatic hydroxyl groups is 1. The quantitative estimate of drug-likeness (QED) is 0.351. The average Bonchev–Trinajstić information content (AvgIpc) is 3.32. The number of methoxy groups -OCH3 is 1. The van der Waals surface area contributed by atoms with E-state index in [1.54, 1.807) is 37.4 Å². The van der Waals surface area contributed by atoms with E-state index in [1.165, 1.54) is 18.2 Å². The summed E-state index contributed by atoms with van der Waals surface area (Å²) in [5.74, 6) is 0.0279. The number of hydrogen-bond donors (Lipinski definition) is 3. The number of halogens is 1. The Morgan fingerprint density at radius 3 is 2.80 bits per heavy atom. The zero-order valence-corrected chi connectivity index (χ0v) is 22.9. The van der Waals surface area contributed by atoms with Gasteiger partial charge in [0.2, 0.25) is 17.7 Å². The molecule has 2 aliphatic rings. The van der Waals surface area contributed by atoms with Crippen molar-refractivity contribution in [2.45, 2.75) is 44.4 Å². The molecule has 0 aromatic carbocycles. The van der Waals surface area contributed by atoms with Gasteiger partial charge in [-0.2, -0.15) is 0 Å². The minimum Gasteiger partial charge on any atom is -0.481 e. The Bertz CT molecular complexity index is 1400. The van der Waals surface area contributed by atoms with Gasteiger partial charge in [-0.3, -0.25) is 14.6 Å². The maximum atomic E-state index is 13.4. The SMILES string of the molecule is COc1cccc([C@@H](CO)NC(=O)[C@@H](C)N2Cc3ncc(-c4nc(NC5CCOCC5)ncc4Cl)cc3C2=O)n1. The van der Waals surface area contributed by atoms with Crippen LogP contribution in [0.4, 0.5) is 5.95 Å². The number of rotatable bonds is 9. The molecule has 1 fully saturated rings. The van der Waals surface area contributed by atoms with Crippen LogP contribution >= 0.6 is 11.6 Å². The van der Waals surface area contributed by atoms with Crippen LogP contribution in [-0.2, 0) is 16.1 Å². The third-order valence-electron chi connectivity index (χ3n) is 7.01. The number of ether oxygens (including phenoxy) is 2. The first-order valence-electron chi connectivity index (χ1n) is 13.0. The second-order valence-electron chi connectivity index (χ2n) is 9.60. The molecule has 2 aliphatic heterocycles. The number of fused-ring (bicyclic) bond motifs is 1. The van der Waals surface area contributed by atoms with Gasteiger partial charge in [-0.05, 0) is 31.9 Å². The molecule has 0 bridgehead atoms. The summed E-state index contributed by atoms with van der Waals surface area (Å²) in [4.78, 5) is 45.6. The summed E-state index contributed by atoms with van der Waals surface area (Å²) >= 11 is 6.43. The van der Waals surface area contributed by atoms with Crippen LogP contribution < -0.4 is 15.4 Å². The van der Waals surface area contributed by atoms with Gasteiger partial charge in [0.25, 0.3) is 5.91 Å². The highest BCUT2D eigenvalue weighted by atomic mass is 35.5. The van der Waals surface area contributed by atoms with Crippen molar-refractivity contribution in [1.82, 2.24) is 30.2 Å². The third-order valence-corrected chi connectivity index (χ3v) is 7.29. The minimum absolute atomic E-state index is 0.165. The molecule has 13 heteroatoms. The fourth-order valence-electron chi connectivity index (χ4n) is 4.68. The van der Waals surface area contributed by atoms with Crippen LogP contribution in [0, 0.1) is 0 Å². The number of anilines is 1. The molecule has 3 aromatic heterocycles. The largest absolute Gasteiger partial charge is 0.481 e. The molecule has 0 saturated carbocycles. The van der Waals surface area contributed by atoms with E-state index in [2.05, 4.69) is 30.6 Å². The molecule has 2 amide bonds. The maximum Gasteiger partial charge on any atom is 0.256 e. The van der Waals surface area contributed by atoms with E-state index < -0.39 is 18.0 Å². The molecule has 40 heavy (non-hydrogen) atoms. The summed E-state index contributed by atoms with van der Waals surface area (Å²) in [7, 11) is 1.48. The number of aliphatic hydroxyl groups excluding tert-OH is 1. The Kier molecular flexibility index (Phi) is 8.38. The maximum absolute atomic E-state index is 13.4. The Morgan fingerprint density at radius 1 is 1.25 bits per heavy atom. The van der Waals surface area contributed by atoms with Crippen molar-refractivity contribution < 1.29 is 24.2 Å². The number of amides is 2. The molecule has 3 aromatic rings. The highest BCUT2D eigenvalue weighted by molar-refractivity contribution is 6.33. The molecule has 2 atom stereocenters. The summed E-state index contributed by atoms with van der Waals surface area (Å²) in [6.07, 6.45) is 4.84. The summed E-state index contributed by atoms with van der Waals surface area (Å²) < 4.78 is 10.5. The first-order valence-corrected chi connectivity index (χ1v) is 13.3. The minimum atomic E-state index is -0.831. The average molecular weight is 568 g/mol. The summed E-state index contributed by atoms with van der Waals surface area (Å²) in [5.41, 5.74) is 2.39. The van der Waals surface area contributed by atoms with Crippen molar-refractivity contribution in [2.24, 2.45) is 0 Å². The van der Waals surface area contributed by atoms with Crippen LogP contribution in [0.25, 0.3) is 11.3 Å². The second kappa shape index (κ2) is 12.1. The normalized spacial score (nSPS) is 16.8. The van der Waals surface area contributed by atoms with E-state index in [-0.39, 0.29) is 25.1 Å². The number of nitrogens with zero attached hydrogens (tertiary/aromatic N) is 5. The number of nitrogens with one attached hydrogen (secondary N) is 2. The molecular weight excluding hydrogens is 538 g/mol. The van der Waals surface area contributed by atoms with Gasteiger partial charge in [0, 0.05) is 37.1 Å². The van der Waals surface area contributed by atoms with Crippen LogP contribution in [0.2, 0.25) is 5.02 Å². The monoisotopic (exact) mass is 567 g/mol. The summed E-state index contributed by atoms with van der Waals surface area (Å²) in [6, 6.07) is 5.37. The van der Waals surface area contributed by atoms with Crippen LogP contribution in [0.15, 0.2) is 36.7 Å². The van der Waals surface area contributed by atoms with Gasteiger partial charge in [0.1, 0.15) is 6.04 Å². The van der Waals surface area contributed by atoms with Gasteiger partial charge in [-0.1, -0.05) is 17.7 Å². The lowest BCUT2D eigenvalue weighted by Gasteiger charge is -2.25. The van der Waals surface area contributed by atoms with Crippen LogP contribution in [-0.4, -0.2) is 80.8 Å². The van der Waals surface area contributed by atoms with Crippen molar-refractivity contribution in [3.63, 3.8) is 0 Å². The molecule has 3 N–H and O–H groups in total. The Hall–Kier alpha value is -3.87. The standard InChI is InChI=1S/C27H30ClN7O5/c1-15(25(37)33-22(14-36)20-4-3-5-23(32-20)39-2)35-13-21-18(26(35)38)10-16(11-29-21)24-19(28)12-30-27(34-24)31-17-6-8-40-9-7-17/h3-5,10-12,15,17,22,36H,6-9,13-14H2,1-2H3,(H,33,37)(H,30,31,34)/t15-,22-/m1/s1. The second-order valence-corrected chi connectivity index (χ2v) is 10.0. The molecule has 1 saturated heterocycles. The predicted octanol–water partition coefficient (Wildman–Crippen LogP) is 2.38. The van der Waals surface area contributed by atoms with E-state index in [0.29, 0.717) is 58.3 Å². The first kappa shape index (κ1) is 27.7. The topological polar surface area (TPSA) is 152 Å². The van der Waals surface area contributed by atoms with E-state index in [4.69, 9.17) is 21.1 Å². The highest BCUT2D eigenvalue weighted by Crippen LogP contribution is 2.31. The Balaban J connectivity index is 1.30. The molecule has 5 heterocycles. The van der Waals surface area contributed by atoms with Crippen molar-refractivity contribution in [3.05, 3.63) is 58.6 Å². The molecule has 0 spiro atoms. The van der Waals surface area contributed by atoms with Crippen molar-refractivity contribution in [1.29, 1.82) is 0 Å². The smallest absolute Gasteiger partial charge is 0.256 e. The lowest BCUT2D eigenvalue weighted by Crippen LogP contribution is -2.46. The lowest BCUT2D eigenvalue weighted by molar-refractivity contribution is -0.126. The number of carbonyl (C=O) groups is 2. The molecule has 0 unspecified atom stereocenters. The van der Waals surface area contributed by atoms with E-state index in [1.807, 2.05) is 0 Å². The van der Waals surface area contributed by atoms with Crippen molar-refractivity contribution in [3.8, 4) is 17.1 Å². The van der Waals surface area contributed by atoms with E-state index >= 15 is 0 Å². The van der Waals surface area contributed by atoms with Crippen LogP contribution in [0.5, 0.6) is 5.88 Å². The van der Waals surface area contributed by atoms with Crippen molar-refractivity contribution in [2.75, 3.05) is 32.2 Å². The molecule has 0 aliphatic carbocycles. The Labute approximate surface area is 236 Å². The predicted molar refractivity (Wildman–Crippen MR) is 146 cm³/mol. The first-order chi connectivity index (χ1) is 19.4. The lowest BCUT2D eigenvalue weighted by atomic mass is 10.1. The van der Waals surface area contributed by atoms with E-state index in [0.717, 1.165) is 12.8 Å². The third kappa shape index (κ3) is 5.83. The Morgan fingerprint density at radius 2 is 2.05 bits per heavy atom. The molecular formula is C27H30ClN7O5. The van der Waals surface area contributed by atoms with Gasteiger partial charge < -0.3 is 30.1 Å². The van der Waals surface area contributed by atoms with E-state index in [9.17, 15) is 14.7 Å². The highest BCUT2D eigenvalue weighted by Gasteiger charge is 2.36. The van der Waals surface area contributed by atoms with Gasteiger partial charge in [0.15, 0.2) is 0 Å². The number of pyridine rings is 2. The molecule has 210 valence electrons. The van der Waals surface area contributed by atoms with Crippen molar-refractivity contribution >= 4 is 29.4 Å². The molecule has 12 nitrogen and oxygen atoms in total. The number of carbonyl (C=O) groups excluding carboxylic acids is 2. The fourth-order valence-corrected chi connectivity index (χ4v) is 4.88. The van der Waals surface area contributed by atoms with Gasteiger partial charge in [0.05, 0.1) is 60.2 Å². The summed E-state index contributed by atoms with van der Waals surface area (Å²) in [5, 5.41) is 16.3. The van der Waals surface area contributed by atoms with Crippen LogP contribution in [0.1, 0.15) is 47.6 Å². The number of aromatic nitrogens is 4. The molecule has 0 radical (unpaired) electrons. The zero-order valence-electron chi connectivity index (χ0n) is 22.1.